The van der Waals surface area contributed by atoms with E-state index in [-0.39, 0.29) is 5.91 Å². The van der Waals surface area contributed by atoms with Crippen molar-refractivity contribution in [3.63, 3.8) is 0 Å². The van der Waals surface area contributed by atoms with Crippen LogP contribution in [0.2, 0.25) is 0 Å². The third-order valence-corrected chi connectivity index (χ3v) is 5.30. The number of carbonyl (C=O) groups excluding carboxylic acids is 1. The van der Waals surface area contributed by atoms with E-state index in [1.54, 1.807) is 18.9 Å². The summed E-state index contributed by atoms with van der Waals surface area (Å²) in [5, 5.41) is 12.3. The van der Waals surface area contributed by atoms with Crippen LogP contribution in [0.5, 0.6) is 0 Å². The van der Waals surface area contributed by atoms with E-state index in [4.69, 9.17) is 4.74 Å². The van der Waals surface area contributed by atoms with Gasteiger partial charge in [-0.25, -0.2) is 0 Å². The lowest BCUT2D eigenvalue weighted by Gasteiger charge is -2.11. The summed E-state index contributed by atoms with van der Waals surface area (Å²) < 4.78 is 7.03. The first-order chi connectivity index (χ1) is 13.6. The molecule has 0 saturated carbocycles. The molecule has 1 heterocycles. The molecule has 0 aliphatic carbocycles. The quantitative estimate of drug-likeness (QED) is 0.466. The van der Waals surface area contributed by atoms with Crippen molar-refractivity contribution >= 4 is 17.7 Å². The van der Waals surface area contributed by atoms with E-state index in [1.807, 2.05) is 43.3 Å². The molecule has 0 saturated heterocycles. The maximum absolute atomic E-state index is 12.2. The van der Waals surface area contributed by atoms with Gasteiger partial charge in [0.2, 0.25) is 0 Å². The number of aromatic nitrogens is 3. The molecule has 1 amide bonds. The lowest BCUT2D eigenvalue weighted by molar-refractivity contribution is 0.0937. The lowest BCUT2D eigenvalue weighted by atomic mass is 10.1. The first-order valence-electron chi connectivity index (χ1n) is 9.07. The topological polar surface area (TPSA) is 69.0 Å². The van der Waals surface area contributed by atoms with Crippen molar-refractivity contribution in [2.75, 3.05) is 20.3 Å². The van der Waals surface area contributed by atoms with Gasteiger partial charge in [0, 0.05) is 25.0 Å². The molecule has 0 bridgehead atoms. The molecule has 1 aromatic heterocycles. The fraction of sp³-hybridized carbons (Fsp3) is 0.286. The minimum Gasteiger partial charge on any atom is -0.383 e. The second-order valence-electron chi connectivity index (χ2n) is 6.39. The molecule has 0 fully saturated rings. The van der Waals surface area contributed by atoms with Gasteiger partial charge >= 0.3 is 0 Å². The highest BCUT2D eigenvalue weighted by atomic mass is 32.2. The molecule has 3 aromatic rings. The van der Waals surface area contributed by atoms with E-state index in [2.05, 4.69) is 39.1 Å². The normalized spacial score (nSPS) is 10.8. The van der Waals surface area contributed by atoms with Gasteiger partial charge in [0.1, 0.15) is 5.82 Å². The number of carbonyl (C=O) groups is 1. The van der Waals surface area contributed by atoms with E-state index < -0.39 is 0 Å². The molecule has 0 aliphatic rings. The van der Waals surface area contributed by atoms with Crippen LogP contribution in [0.3, 0.4) is 0 Å². The average Bonchev–Trinajstić information content (AvgIpc) is 3.07. The highest BCUT2D eigenvalue weighted by Crippen LogP contribution is 2.26. The second-order valence-corrected chi connectivity index (χ2v) is 7.33. The maximum atomic E-state index is 12.2. The van der Waals surface area contributed by atoms with E-state index in [9.17, 15) is 4.79 Å². The number of aryl methyl sites for hydroxylation is 2. The molecular weight excluding hydrogens is 372 g/mol. The molecule has 7 heteroatoms. The number of nitrogens with zero attached hydrogens (tertiary/aromatic N) is 3. The molecule has 28 heavy (non-hydrogen) atoms. The monoisotopic (exact) mass is 396 g/mol. The zero-order valence-electron chi connectivity index (χ0n) is 16.3. The van der Waals surface area contributed by atoms with Crippen molar-refractivity contribution in [3.8, 4) is 5.69 Å². The average molecular weight is 397 g/mol. The Morgan fingerprint density at radius 2 is 1.96 bits per heavy atom. The van der Waals surface area contributed by atoms with Crippen LogP contribution >= 0.6 is 11.8 Å². The van der Waals surface area contributed by atoms with Crippen LogP contribution < -0.4 is 5.32 Å². The number of methoxy groups -OCH3 is 1. The molecule has 0 radical (unpaired) electrons. The Hall–Kier alpha value is -2.64. The van der Waals surface area contributed by atoms with Crippen molar-refractivity contribution in [1.29, 1.82) is 0 Å². The SMILES string of the molecule is COCCNC(=O)c1cccc(CSc2nnc(C)n2-c2ccccc2C)c1. The Bertz CT molecular complexity index is 955. The van der Waals surface area contributed by atoms with Gasteiger partial charge in [-0.2, -0.15) is 0 Å². The zero-order valence-corrected chi connectivity index (χ0v) is 17.1. The van der Waals surface area contributed by atoms with Gasteiger partial charge in [-0.1, -0.05) is 42.1 Å². The van der Waals surface area contributed by atoms with Gasteiger partial charge in [0.05, 0.1) is 12.3 Å². The van der Waals surface area contributed by atoms with Crippen molar-refractivity contribution in [2.45, 2.75) is 24.8 Å². The Morgan fingerprint density at radius 3 is 2.75 bits per heavy atom. The van der Waals surface area contributed by atoms with Gasteiger partial charge in [-0.05, 0) is 43.2 Å². The predicted molar refractivity (Wildman–Crippen MR) is 111 cm³/mol. The number of hydrogen-bond acceptors (Lipinski definition) is 5. The molecule has 2 aromatic carbocycles. The molecular formula is C21H24N4O2S. The molecule has 0 aliphatic heterocycles. The number of rotatable bonds is 8. The standard InChI is InChI=1S/C21H24N4O2S/c1-15-7-4-5-10-19(15)25-16(2)23-24-21(25)28-14-17-8-6-9-18(13-17)20(26)22-11-12-27-3/h4-10,13H,11-12,14H2,1-3H3,(H,22,26). The lowest BCUT2D eigenvalue weighted by Crippen LogP contribution is -2.26. The number of para-hydroxylation sites is 1. The van der Waals surface area contributed by atoms with Gasteiger partial charge in [0.15, 0.2) is 5.16 Å². The summed E-state index contributed by atoms with van der Waals surface area (Å²) in [7, 11) is 1.61. The van der Waals surface area contributed by atoms with Crippen LogP contribution in [0.1, 0.15) is 27.3 Å². The minimum atomic E-state index is -0.0946. The van der Waals surface area contributed by atoms with Crippen LogP contribution in [0, 0.1) is 13.8 Å². The van der Waals surface area contributed by atoms with Crippen LogP contribution in [-0.2, 0) is 10.5 Å². The van der Waals surface area contributed by atoms with Crippen molar-refractivity contribution < 1.29 is 9.53 Å². The summed E-state index contributed by atoms with van der Waals surface area (Å²) in [6.45, 7) is 5.02. The third-order valence-electron chi connectivity index (χ3n) is 4.30. The maximum Gasteiger partial charge on any atom is 0.251 e. The molecule has 0 unspecified atom stereocenters. The number of hydrogen-bond donors (Lipinski definition) is 1. The van der Waals surface area contributed by atoms with E-state index in [1.165, 1.54) is 5.56 Å². The molecule has 3 rings (SSSR count). The molecule has 146 valence electrons. The van der Waals surface area contributed by atoms with Crippen LogP contribution in [-0.4, -0.2) is 40.9 Å². The Labute approximate surface area is 169 Å². The third kappa shape index (κ3) is 4.79. The molecule has 6 nitrogen and oxygen atoms in total. The van der Waals surface area contributed by atoms with Gasteiger partial charge < -0.3 is 10.1 Å². The van der Waals surface area contributed by atoms with Gasteiger partial charge in [-0.3, -0.25) is 9.36 Å². The van der Waals surface area contributed by atoms with E-state index in [0.29, 0.717) is 24.5 Å². The largest absolute Gasteiger partial charge is 0.383 e. The zero-order chi connectivity index (χ0) is 19.9. The Morgan fingerprint density at radius 1 is 1.14 bits per heavy atom. The van der Waals surface area contributed by atoms with Gasteiger partial charge in [0.25, 0.3) is 5.91 Å². The van der Waals surface area contributed by atoms with E-state index >= 15 is 0 Å². The van der Waals surface area contributed by atoms with Crippen molar-refractivity contribution in [2.24, 2.45) is 0 Å². The molecule has 0 spiro atoms. The predicted octanol–water partition coefficient (Wildman–Crippen LogP) is 3.55. The number of nitrogens with one attached hydrogen (secondary N) is 1. The second kappa shape index (κ2) is 9.52. The summed E-state index contributed by atoms with van der Waals surface area (Å²) in [6.07, 6.45) is 0. The van der Waals surface area contributed by atoms with Crippen LogP contribution in [0.4, 0.5) is 0 Å². The fourth-order valence-corrected chi connectivity index (χ4v) is 3.78. The summed E-state index contributed by atoms with van der Waals surface area (Å²) in [6, 6.07) is 15.8. The van der Waals surface area contributed by atoms with E-state index in [0.717, 1.165) is 22.2 Å². The number of amides is 1. The summed E-state index contributed by atoms with van der Waals surface area (Å²) >= 11 is 1.60. The minimum absolute atomic E-state index is 0.0946. The number of benzene rings is 2. The first-order valence-corrected chi connectivity index (χ1v) is 10.1. The van der Waals surface area contributed by atoms with Crippen molar-refractivity contribution in [3.05, 3.63) is 71.0 Å². The van der Waals surface area contributed by atoms with Crippen molar-refractivity contribution in [1.82, 2.24) is 20.1 Å². The van der Waals surface area contributed by atoms with Gasteiger partial charge in [-0.15, -0.1) is 10.2 Å². The number of ether oxygens (including phenoxy) is 1. The summed E-state index contributed by atoms with van der Waals surface area (Å²) in [5.74, 6) is 1.45. The number of thioether (sulfide) groups is 1. The Balaban J connectivity index is 1.73. The Kier molecular flexibility index (Phi) is 6.84. The smallest absolute Gasteiger partial charge is 0.251 e. The summed E-state index contributed by atoms with van der Waals surface area (Å²) in [4.78, 5) is 12.2. The highest BCUT2D eigenvalue weighted by Gasteiger charge is 2.13. The fourth-order valence-electron chi connectivity index (χ4n) is 2.85. The molecule has 1 N–H and O–H groups in total. The first kappa shape index (κ1) is 20.1. The highest BCUT2D eigenvalue weighted by molar-refractivity contribution is 7.98. The summed E-state index contributed by atoms with van der Waals surface area (Å²) in [5.41, 5.74) is 3.95. The van der Waals surface area contributed by atoms with Crippen LogP contribution in [0.15, 0.2) is 53.7 Å². The molecule has 0 atom stereocenters. The van der Waals surface area contributed by atoms with Crippen LogP contribution in [0.25, 0.3) is 5.69 Å².